The molecule has 1 aliphatic rings. The number of thiophene rings is 1. The van der Waals surface area contributed by atoms with E-state index in [1.54, 1.807) is 23.1 Å². The Bertz CT molecular complexity index is 983. The number of hydrogen-bond donors (Lipinski definition) is 1. The van der Waals surface area contributed by atoms with Gasteiger partial charge in [-0.3, -0.25) is 14.5 Å². The minimum Gasteiger partial charge on any atom is -0.326 e. The van der Waals surface area contributed by atoms with Crippen LogP contribution in [0.1, 0.15) is 28.3 Å². The van der Waals surface area contributed by atoms with E-state index in [1.807, 2.05) is 58.8 Å². The van der Waals surface area contributed by atoms with Crippen molar-refractivity contribution in [3.05, 3.63) is 82.0 Å². The molecule has 1 fully saturated rings. The van der Waals surface area contributed by atoms with Crippen LogP contribution in [0.15, 0.2) is 66.0 Å². The summed E-state index contributed by atoms with van der Waals surface area (Å²) in [6.45, 7) is 2.12. The van der Waals surface area contributed by atoms with Crippen molar-refractivity contribution >= 4 is 46.3 Å². The van der Waals surface area contributed by atoms with Gasteiger partial charge in [0.2, 0.25) is 11.8 Å². The predicted octanol–water partition coefficient (Wildman–Crippen LogP) is 5.27. The minimum atomic E-state index is -0.0501. The summed E-state index contributed by atoms with van der Waals surface area (Å²) in [5, 5.41) is 4.86. The summed E-state index contributed by atoms with van der Waals surface area (Å²) in [4.78, 5) is 27.6. The third-order valence-electron chi connectivity index (χ3n) is 4.89. The Morgan fingerprint density at radius 2 is 1.86 bits per heavy atom. The number of anilines is 2. The van der Waals surface area contributed by atoms with Gasteiger partial charge in [0.1, 0.15) is 5.37 Å². The highest BCUT2D eigenvalue weighted by Crippen LogP contribution is 2.42. The highest BCUT2D eigenvalue weighted by molar-refractivity contribution is 8.00. The van der Waals surface area contributed by atoms with Crippen LogP contribution in [0.3, 0.4) is 0 Å². The molecule has 148 valence electrons. The summed E-state index contributed by atoms with van der Waals surface area (Å²) in [6, 6.07) is 19.9. The Hall–Kier alpha value is -2.57. The van der Waals surface area contributed by atoms with Gasteiger partial charge in [-0.2, -0.15) is 0 Å². The molecule has 4 rings (SSSR count). The average Bonchev–Trinajstić information content (AvgIpc) is 3.38. The lowest BCUT2D eigenvalue weighted by molar-refractivity contribution is -0.116. The fourth-order valence-corrected chi connectivity index (χ4v) is 5.23. The molecule has 2 heterocycles. The first-order valence-corrected chi connectivity index (χ1v) is 11.5. The lowest BCUT2D eigenvalue weighted by atomic mass is 10.1. The summed E-state index contributed by atoms with van der Waals surface area (Å²) in [6.07, 6.45) is 1.36. The van der Waals surface area contributed by atoms with Crippen LogP contribution in [0.25, 0.3) is 0 Å². The van der Waals surface area contributed by atoms with Gasteiger partial charge in [-0.15, -0.1) is 23.1 Å². The van der Waals surface area contributed by atoms with E-state index in [4.69, 9.17) is 0 Å². The number of aryl methyl sites for hydroxylation is 1. The summed E-state index contributed by atoms with van der Waals surface area (Å²) in [5.41, 5.74) is 4.00. The molecular formula is C23H22N2O2S2. The Morgan fingerprint density at radius 3 is 2.52 bits per heavy atom. The Morgan fingerprint density at radius 1 is 1.10 bits per heavy atom. The number of carbonyl (C=O) groups is 2. The topological polar surface area (TPSA) is 49.4 Å². The number of hydrogen-bond acceptors (Lipinski definition) is 4. The summed E-state index contributed by atoms with van der Waals surface area (Å²) in [7, 11) is 0. The molecule has 1 N–H and O–H groups in total. The molecule has 1 aromatic heterocycles. The first-order valence-electron chi connectivity index (χ1n) is 9.59. The van der Waals surface area contributed by atoms with Gasteiger partial charge < -0.3 is 5.32 Å². The maximum Gasteiger partial charge on any atom is 0.238 e. The first-order chi connectivity index (χ1) is 14.1. The smallest absolute Gasteiger partial charge is 0.238 e. The van der Waals surface area contributed by atoms with Crippen molar-refractivity contribution in [2.75, 3.05) is 16.0 Å². The van der Waals surface area contributed by atoms with Crippen molar-refractivity contribution in [3.8, 4) is 0 Å². The molecule has 4 nitrogen and oxygen atoms in total. The molecule has 3 aromatic rings. The van der Waals surface area contributed by atoms with Crippen molar-refractivity contribution < 1.29 is 9.59 Å². The van der Waals surface area contributed by atoms with Gasteiger partial charge in [-0.05, 0) is 53.3 Å². The predicted molar refractivity (Wildman–Crippen MR) is 122 cm³/mol. The second kappa shape index (κ2) is 8.84. The van der Waals surface area contributed by atoms with Crippen molar-refractivity contribution in [2.24, 2.45) is 0 Å². The van der Waals surface area contributed by atoms with Crippen LogP contribution in [0.4, 0.5) is 11.4 Å². The molecule has 2 amide bonds. The summed E-state index contributed by atoms with van der Waals surface area (Å²) < 4.78 is 0. The molecule has 1 saturated heterocycles. The highest BCUT2D eigenvalue weighted by atomic mass is 32.2. The zero-order valence-corrected chi connectivity index (χ0v) is 17.8. The van der Waals surface area contributed by atoms with E-state index in [0.29, 0.717) is 12.2 Å². The van der Waals surface area contributed by atoms with Gasteiger partial charge in [-0.1, -0.05) is 37.3 Å². The van der Waals surface area contributed by atoms with Crippen LogP contribution in [-0.4, -0.2) is 17.6 Å². The van der Waals surface area contributed by atoms with E-state index in [9.17, 15) is 9.59 Å². The van der Waals surface area contributed by atoms with Crippen molar-refractivity contribution in [2.45, 2.75) is 25.1 Å². The van der Waals surface area contributed by atoms with E-state index >= 15 is 0 Å². The van der Waals surface area contributed by atoms with Crippen LogP contribution >= 0.6 is 23.1 Å². The van der Waals surface area contributed by atoms with E-state index in [2.05, 4.69) is 24.4 Å². The second-order valence-corrected chi connectivity index (χ2v) is 8.97. The zero-order valence-electron chi connectivity index (χ0n) is 16.1. The molecule has 0 saturated carbocycles. The largest absolute Gasteiger partial charge is 0.326 e. The Balaban J connectivity index is 1.46. The van der Waals surface area contributed by atoms with E-state index in [-0.39, 0.29) is 17.2 Å². The average molecular weight is 423 g/mol. The fraction of sp³-hybridized carbons (Fsp3) is 0.217. The number of benzene rings is 2. The third kappa shape index (κ3) is 4.54. The monoisotopic (exact) mass is 422 g/mol. The lowest BCUT2D eigenvalue weighted by Gasteiger charge is -2.24. The maximum absolute atomic E-state index is 12.5. The zero-order chi connectivity index (χ0) is 20.2. The number of carbonyl (C=O) groups excluding carboxylic acids is 2. The Labute approximate surface area is 178 Å². The molecule has 0 radical (unpaired) electrons. The van der Waals surface area contributed by atoms with Gasteiger partial charge in [0, 0.05) is 16.3 Å². The number of nitrogens with zero attached hydrogens (tertiary/aromatic N) is 1. The lowest BCUT2D eigenvalue weighted by Crippen LogP contribution is -2.27. The van der Waals surface area contributed by atoms with E-state index in [0.717, 1.165) is 28.2 Å². The van der Waals surface area contributed by atoms with Crippen LogP contribution in [-0.2, 0) is 22.4 Å². The summed E-state index contributed by atoms with van der Waals surface area (Å²) >= 11 is 3.21. The third-order valence-corrected chi connectivity index (χ3v) is 6.97. The molecular weight excluding hydrogens is 400 g/mol. The SMILES string of the molecule is CCc1ccc(N2C(=O)CS[C@@H]2c2ccc(NC(=O)Cc3cccs3)cc2)cc1. The van der Waals surface area contributed by atoms with Gasteiger partial charge in [-0.25, -0.2) is 0 Å². The minimum absolute atomic E-state index is 0.0248. The molecule has 0 aliphatic carbocycles. The second-order valence-electron chi connectivity index (χ2n) is 6.87. The first kappa shape index (κ1) is 19.7. The van der Waals surface area contributed by atoms with Crippen molar-refractivity contribution in [1.82, 2.24) is 0 Å². The van der Waals surface area contributed by atoms with Crippen molar-refractivity contribution in [3.63, 3.8) is 0 Å². The standard InChI is InChI=1S/C23H22N2O2S2/c1-2-16-5-11-19(12-6-16)25-22(27)15-29-23(25)17-7-9-18(10-8-17)24-21(26)14-20-4-3-13-28-20/h3-13,23H,2,14-15H2,1H3,(H,24,26)/t23-/m1/s1. The molecule has 0 unspecified atom stereocenters. The van der Waals surface area contributed by atoms with E-state index < -0.39 is 0 Å². The number of amides is 2. The normalized spacial score (nSPS) is 16.2. The molecule has 2 aromatic carbocycles. The molecule has 1 aliphatic heterocycles. The number of rotatable bonds is 6. The van der Waals surface area contributed by atoms with Gasteiger partial charge in [0.05, 0.1) is 12.2 Å². The molecule has 0 spiro atoms. The van der Waals surface area contributed by atoms with Crippen LogP contribution in [0.2, 0.25) is 0 Å². The van der Waals surface area contributed by atoms with Crippen LogP contribution in [0, 0.1) is 0 Å². The molecule has 6 heteroatoms. The fourth-order valence-electron chi connectivity index (χ4n) is 3.35. The molecule has 1 atom stereocenters. The van der Waals surface area contributed by atoms with Gasteiger partial charge in [0.15, 0.2) is 0 Å². The number of nitrogens with one attached hydrogen (secondary N) is 1. The quantitative estimate of drug-likeness (QED) is 0.589. The number of thioether (sulfide) groups is 1. The van der Waals surface area contributed by atoms with E-state index in [1.165, 1.54) is 5.56 Å². The van der Waals surface area contributed by atoms with Crippen molar-refractivity contribution in [1.29, 1.82) is 0 Å². The molecule has 29 heavy (non-hydrogen) atoms. The van der Waals surface area contributed by atoms with Crippen LogP contribution in [0.5, 0.6) is 0 Å². The molecule has 0 bridgehead atoms. The van der Waals surface area contributed by atoms with Gasteiger partial charge >= 0.3 is 0 Å². The Kier molecular flexibility index (Phi) is 6.02. The van der Waals surface area contributed by atoms with Crippen LogP contribution < -0.4 is 10.2 Å². The van der Waals surface area contributed by atoms with Gasteiger partial charge in [0.25, 0.3) is 0 Å². The maximum atomic E-state index is 12.5. The summed E-state index contributed by atoms with van der Waals surface area (Å²) in [5.74, 6) is 0.570. The highest BCUT2D eigenvalue weighted by Gasteiger charge is 2.33.